The predicted octanol–water partition coefficient (Wildman–Crippen LogP) is 3.38. The van der Waals surface area contributed by atoms with Crippen molar-refractivity contribution in [2.45, 2.75) is 27.7 Å². The van der Waals surface area contributed by atoms with E-state index in [-0.39, 0.29) is 11.7 Å². The minimum Gasteiger partial charge on any atom is -0.507 e. The molecule has 0 radical (unpaired) electrons. The van der Waals surface area contributed by atoms with E-state index in [0.717, 1.165) is 16.7 Å². The van der Waals surface area contributed by atoms with Gasteiger partial charge in [-0.2, -0.15) is 5.10 Å². The van der Waals surface area contributed by atoms with Gasteiger partial charge in [0.15, 0.2) is 0 Å². The Hall–Kier alpha value is -3.35. The average molecular weight is 397 g/mol. The van der Waals surface area contributed by atoms with Crippen molar-refractivity contribution in [3.05, 3.63) is 53.1 Å². The Morgan fingerprint density at radius 1 is 1.07 bits per heavy atom. The van der Waals surface area contributed by atoms with Crippen LogP contribution in [0.15, 0.2) is 41.5 Å². The summed E-state index contributed by atoms with van der Waals surface area (Å²) in [6.07, 6.45) is 1.48. The fourth-order valence-corrected chi connectivity index (χ4v) is 2.92. The first-order valence-electron chi connectivity index (χ1n) is 9.31. The van der Waals surface area contributed by atoms with E-state index in [9.17, 15) is 14.7 Å². The number of methoxy groups -OCH3 is 1. The van der Waals surface area contributed by atoms with Crippen LogP contribution in [0.3, 0.4) is 0 Å². The maximum absolute atomic E-state index is 12.6. The molecule has 2 rings (SSSR count). The van der Waals surface area contributed by atoms with Crippen molar-refractivity contribution in [2.75, 3.05) is 12.4 Å². The molecule has 0 spiro atoms. The van der Waals surface area contributed by atoms with Crippen molar-refractivity contribution in [3.8, 4) is 11.5 Å². The molecule has 0 saturated heterocycles. The lowest BCUT2D eigenvalue weighted by Gasteiger charge is -2.18. The number of carbonyl (C=O) groups is 2. The van der Waals surface area contributed by atoms with Crippen LogP contribution in [0.1, 0.15) is 30.5 Å². The van der Waals surface area contributed by atoms with Crippen LogP contribution in [0.2, 0.25) is 0 Å². The zero-order valence-electron chi connectivity index (χ0n) is 17.3. The molecule has 2 aromatic rings. The van der Waals surface area contributed by atoms with E-state index in [1.165, 1.54) is 6.21 Å². The molecule has 0 bridgehead atoms. The maximum Gasteiger partial charge on any atom is 0.252 e. The fourth-order valence-electron chi connectivity index (χ4n) is 2.92. The highest BCUT2D eigenvalue weighted by Crippen LogP contribution is 2.22. The van der Waals surface area contributed by atoms with Crippen LogP contribution in [0, 0.1) is 25.7 Å². The van der Waals surface area contributed by atoms with Gasteiger partial charge in [-0.1, -0.05) is 13.8 Å². The monoisotopic (exact) mass is 397 g/mol. The second kappa shape index (κ2) is 9.73. The first kappa shape index (κ1) is 21.9. The van der Waals surface area contributed by atoms with Crippen LogP contribution < -0.4 is 15.5 Å². The molecule has 0 aliphatic carbocycles. The summed E-state index contributed by atoms with van der Waals surface area (Å²) in [7, 11) is 1.56. The van der Waals surface area contributed by atoms with E-state index in [2.05, 4.69) is 15.8 Å². The molecule has 7 heteroatoms. The molecule has 0 aliphatic rings. The largest absolute Gasteiger partial charge is 0.507 e. The Kier molecular flexibility index (Phi) is 7.36. The van der Waals surface area contributed by atoms with E-state index < -0.39 is 17.7 Å². The van der Waals surface area contributed by atoms with Gasteiger partial charge in [-0.15, -0.1) is 0 Å². The normalized spacial score (nSPS) is 12.1. The Morgan fingerprint density at radius 3 is 2.17 bits per heavy atom. The van der Waals surface area contributed by atoms with Crippen LogP contribution in [-0.4, -0.2) is 30.2 Å². The molecule has 7 nitrogen and oxygen atoms in total. The first-order valence-corrected chi connectivity index (χ1v) is 9.31. The van der Waals surface area contributed by atoms with Gasteiger partial charge in [0.05, 0.1) is 13.3 Å². The second-order valence-electron chi connectivity index (χ2n) is 7.18. The van der Waals surface area contributed by atoms with Crippen molar-refractivity contribution in [2.24, 2.45) is 16.9 Å². The minimum absolute atomic E-state index is 0.221. The van der Waals surface area contributed by atoms with Gasteiger partial charge < -0.3 is 15.2 Å². The van der Waals surface area contributed by atoms with E-state index in [4.69, 9.17) is 4.74 Å². The van der Waals surface area contributed by atoms with Crippen molar-refractivity contribution in [1.29, 1.82) is 0 Å². The van der Waals surface area contributed by atoms with Crippen molar-refractivity contribution >= 4 is 23.7 Å². The van der Waals surface area contributed by atoms with Gasteiger partial charge in [0.1, 0.15) is 17.4 Å². The number of hydrogen-bond acceptors (Lipinski definition) is 5. The number of nitrogens with zero attached hydrogens (tertiary/aromatic N) is 1. The third kappa shape index (κ3) is 5.81. The topological polar surface area (TPSA) is 100 Å². The first-order chi connectivity index (χ1) is 13.7. The summed E-state index contributed by atoms with van der Waals surface area (Å²) in [5.41, 5.74) is 5.19. The lowest BCUT2D eigenvalue weighted by molar-refractivity contribution is -0.134. The summed E-state index contributed by atoms with van der Waals surface area (Å²) in [4.78, 5) is 25.2. The number of benzene rings is 2. The van der Waals surface area contributed by atoms with Crippen LogP contribution in [0.5, 0.6) is 11.5 Å². The molecule has 0 heterocycles. The smallest absolute Gasteiger partial charge is 0.252 e. The highest BCUT2D eigenvalue weighted by Gasteiger charge is 2.29. The van der Waals surface area contributed by atoms with Crippen molar-refractivity contribution < 1.29 is 19.4 Å². The van der Waals surface area contributed by atoms with Crippen LogP contribution >= 0.6 is 0 Å². The number of nitrogens with one attached hydrogen (secondary N) is 2. The summed E-state index contributed by atoms with van der Waals surface area (Å²) < 4.78 is 5.09. The number of phenols is 1. The number of carbonyl (C=O) groups excluding carboxylic acids is 2. The van der Waals surface area contributed by atoms with Gasteiger partial charge in [0, 0.05) is 5.69 Å². The highest BCUT2D eigenvalue weighted by molar-refractivity contribution is 6.06. The third-order valence-corrected chi connectivity index (χ3v) is 4.49. The molecule has 0 aliphatic heterocycles. The molecule has 2 amide bonds. The lowest BCUT2D eigenvalue weighted by Crippen LogP contribution is -2.39. The average Bonchev–Trinajstić information content (AvgIpc) is 2.66. The third-order valence-electron chi connectivity index (χ3n) is 4.49. The van der Waals surface area contributed by atoms with Gasteiger partial charge in [0.25, 0.3) is 5.91 Å². The van der Waals surface area contributed by atoms with Gasteiger partial charge in [-0.05, 0) is 72.9 Å². The zero-order valence-corrected chi connectivity index (χ0v) is 17.3. The molecule has 29 heavy (non-hydrogen) atoms. The summed E-state index contributed by atoms with van der Waals surface area (Å²) in [5, 5.41) is 16.5. The van der Waals surface area contributed by atoms with Crippen molar-refractivity contribution in [3.63, 3.8) is 0 Å². The lowest BCUT2D eigenvalue weighted by atomic mass is 9.94. The molecular formula is C22H27N3O4. The molecule has 0 saturated carbocycles. The van der Waals surface area contributed by atoms with E-state index in [0.29, 0.717) is 11.4 Å². The molecule has 0 fully saturated rings. The molecule has 3 N–H and O–H groups in total. The van der Waals surface area contributed by atoms with Gasteiger partial charge in [-0.25, -0.2) is 5.43 Å². The number of hydrazone groups is 1. The second-order valence-corrected chi connectivity index (χ2v) is 7.18. The van der Waals surface area contributed by atoms with Crippen LogP contribution in [-0.2, 0) is 9.59 Å². The number of ether oxygens (including phenoxy) is 1. The number of hydrogen-bond donors (Lipinski definition) is 3. The molecular weight excluding hydrogens is 370 g/mol. The highest BCUT2D eigenvalue weighted by atomic mass is 16.5. The molecule has 0 aromatic heterocycles. The molecule has 154 valence electrons. The molecule has 2 aromatic carbocycles. The van der Waals surface area contributed by atoms with Crippen LogP contribution in [0.4, 0.5) is 5.69 Å². The van der Waals surface area contributed by atoms with E-state index in [1.807, 2.05) is 0 Å². The number of aryl methyl sites for hydroxylation is 2. The maximum atomic E-state index is 12.6. The summed E-state index contributed by atoms with van der Waals surface area (Å²) in [6, 6.07) is 10.4. The van der Waals surface area contributed by atoms with Crippen molar-refractivity contribution in [1.82, 2.24) is 5.43 Å². The standard InChI is InChI=1S/C22H27N3O4/c1-13(2)19(21(27)24-17-6-8-18(29-5)9-7-17)22(28)25-23-12-16-10-14(3)20(26)15(4)11-16/h6-13,19,26H,1-5H3,(H,24,27)(H,25,28). The number of phenolic OH excluding ortho intramolecular Hbond substituents is 1. The van der Waals surface area contributed by atoms with Crippen LogP contribution in [0.25, 0.3) is 0 Å². The SMILES string of the molecule is COc1ccc(NC(=O)C(C(=O)NN=Cc2cc(C)c(O)c(C)c2)C(C)C)cc1. The predicted molar refractivity (Wildman–Crippen MR) is 113 cm³/mol. The van der Waals surface area contributed by atoms with Gasteiger partial charge >= 0.3 is 0 Å². The van der Waals surface area contributed by atoms with E-state index in [1.54, 1.807) is 71.2 Å². The molecule has 1 atom stereocenters. The Morgan fingerprint density at radius 2 is 1.66 bits per heavy atom. The van der Waals surface area contributed by atoms with E-state index >= 15 is 0 Å². The Labute approximate surface area is 170 Å². The Bertz CT molecular complexity index is 882. The number of rotatable bonds is 7. The quantitative estimate of drug-likeness (QED) is 0.379. The number of anilines is 1. The summed E-state index contributed by atoms with van der Waals surface area (Å²) in [5.74, 6) is -1.11. The molecule has 1 unspecified atom stereocenters. The number of aromatic hydroxyl groups is 1. The fraction of sp³-hybridized carbons (Fsp3) is 0.318. The van der Waals surface area contributed by atoms with Gasteiger partial charge in [-0.3, -0.25) is 9.59 Å². The Balaban J connectivity index is 2.05. The number of amides is 2. The minimum atomic E-state index is -0.905. The zero-order chi connectivity index (χ0) is 21.6. The van der Waals surface area contributed by atoms with Gasteiger partial charge in [0.2, 0.25) is 5.91 Å². The summed E-state index contributed by atoms with van der Waals surface area (Å²) in [6.45, 7) is 7.18. The summed E-state index contributed by atoms with van der Waals surface area (Å²) >= 11 is 0.